The first-order chi connectivity index (χ1) is 14.9. The topological polar surface area (TPSA) is 38.3 Å². The third-order valence-corrected chi connectivity index (χ3v) is 5.29. The lowest BCUT2D eigenvalue weighted by Crippen LogP contribution is -2.28. The summed E-state index contributed by atoms with van der Waals surface area (Å²) in [6.07, 6.45) is 3.17. The number of fused-ring (bicyclic) bond motifs is 1. The van der Waals surface area contributed by atoms with E-state index in [2.05, 4.69) is 44.3 Å². The fourth-order valence-corrected chi connectivity index (χ4v) is 3.72. The molecule has 1 N–H and O–H groups in total. The van der Waals surface area contributed by atoms with E-state index in [1.54, 1.807) is 0 Å². The summed E-state index contributed by atoms with van der Waals surface area (Å²) in [5.41, 5.74) is 2.28. The minimum absolute atomic E-state index is 0.161. The number of carbonyl (C=O) groups is 1. The second-order valence-electron chi connectivity index (χ2n) is 9.36. The van der Waals surface area contributed by atoms with Crippen molar-refractivity contribution in [2.24, 2.45) is 5.41 Å². The van der Waals surface area contributed by atoms with Crippen LogP contribution in [0.2, 0.25) is 0 Å². The summed E-state index contributed by atoms with van der Waals surface area (Å²) in [4.78, 5) is 13.2. The summed E-state index contributed by atoms with van der Waals surface area (Å²) in [7, 11) is 0. The standard InChI is InChI=1S/C28H35NO2/c1-28(2,3)21-29-19-10-20-31-26-18-17-23-14-7-8-15-24(23)27(26)25(30)16-9-13-22-11-5-4-6-12-22/h4-8,11-12,14-15,17-18,29H,9-10,13,16,19-21H2,1-3H3. The second-order valence-corrected chi connectivity index (χ2v) is 9.36. The number of carbonyl (C=O) groups excluding carboxylic acids is 1. The molecule has 0 bridgehead atoms. The van der Waals surface area contributed by atoms with Gasteiger partial charge in [0.1, 0.15) is 5.75 Å². The second kappa shape index (κ2) is 11.1. The van der Waals surface area contributed by atoms with Crippen molar-refractivity contribution < 1.29 is 9.53 Å². The van der Waals surface area contributed by atoms with Gasteiger partial charge >= 0.3 is 0 Å². The lowest BCUT2D eigenvalue weighted by atomic mass is 9.96. The zero-order chi connectivity index (χ0) is 22.1. The summed E-state index contributed by atoms with van der Waals surface area (Å²) < 4.78 is 6.10. The van der Waals surface area contributed by atoms with Crippen molar-refractivity contribution in [1.82, 2.24) is 5.32 Å². The monoisotopic (exact) mass is 417 g/mol. The Hall–Kier alpha value is -2.65. The maximum Gasteiger partial charge on any atom is 0.167 e. The first kappa shape index (κ1) is 23.0. The number of ether oxygens (including phenoxy) is 1. The molecule has 0 unspecified atom stereocenters. The number of hydrogen-bond acceptors (Lipinski definition) is 3. The SMILES string of the molecule is CC(C)(C)CNCCCOc1ccc2ccccc2c1C(=O)CCCc1ccccc1. The van der Waals surface area contributed by atoms with Crippen LogP contribution in [-0.2, 0) is 6.42 Å². The summed E-state index contributed by atoms with van der Waals surface area (Å²) in [6, 6.07) is 22.4. The molecule has 0 atom stereocenters. The minimum Gasteiger partial charge on any atom is -0.493 e. The predicted molar refractivity (Wildman–Crippen MR) is 130 cm³/mol. The van der Waals surface area contributed by atoms with Gasteiger partial charge < -0.3 is 10.1 Å². The highest BCUT2D eigenvalue weighted by Crippen LogP contribution is 2.30. The molecule has 3 aromatic rings. The smallest absolute Gasteiger partial charge is 0.167 e. The molecule has 0 amide bonds. The maximum atomic E-state index is 13.2. The van der Waals surface area contributed by atoms with Crippen LogP contribution in [0.25, 0.3) is 10.8 Å². The third-order valence-electron chi connectivity index (χ3n) is 5.29. The van der Waals surface area contributed by atoms with Gasteiger partial charge in [-0.1, -0.05) is 81.4 Å². The van der Waals surface area contributed by atoms with Gasteiger partial charge in [-0.25, -0.2) is 0 Å². The largest absolute Gasteiger partial charge is 0.493 e. The number of aryl methyl sites for hydroxylation is 1. The molecule has 164 valence electrons. The summed E-state index contributed by atoms with van der Waals surface area (Å²) in [5, 5.41) is 5.53. The average molecular weight is 418 g/mol. The van der Waals surface area contributed by atoms with Crippen molar-refractivity contribution in [2.45, 2.75) is 46.5 Å². The number of nitrogens with one attached hydrogen (secondary N) is 1. The molecule has 0 spiro atoms. The molecule has 0 saturated carbocycles. The normalized spacial score (nSPS) is 11.6. The minimum atomic E-state index is 0.161. The Morgan fingerprint density at radius 3 is 2.42 bits per heavy atom. The van der Waals surface area contributed by atoms with Crippen molar-refractivity contribution >= 4 is 16.6 Å². The van der Waals surface area contributed by atoms with E-state index >= 15 is 0 Å². The summed E-state index contributed by atoms with van der Waals surface area (Å²) in [5.74, 6) is 0.868. The van der Waals surface area contributed by atoms with E-state index in [-0.39, 0.29) is 11.2 Å². The molecule has 0 aliphatic rings. The van der Waals surface area contributed by atoms with Gasteiger partial charge in [-0.15, -0.1) is 0 Å². The van der Waals surface area contributed by atoms with Crippen LogP contribution in [-0.4, -0.2) is 25.5 Å². The molecule has 31 heavy (non-hydrogen) atoms. The van der Waals surface area contributed by atoms with Crippen LogP contribution >= 0.6 is 0 Å². The van der Waals surface area contributed by atoms with Crippen LogP contribution in [0.5, 0.6) is 5.75 Å². The van der Waals surface area contributed by atoms with Gasteiger partial charge in [0.25, 0.3) is 0 Å². The van der Waals surface area contributed by atoms with Gasteiger partial charge in [0.2, 0.25) is 0 Å². The number of Topliss-reactive ketones (excluding diaryl/α,β-unsaturated/α-hetero) is 1. The Bertz CT molecular complexity index is 973. The molecule has 0 heterocycles. The van der Waals surface area contributed by atoms with Gasteiger partial charge in [0, 0.05) is 6.42 Å². The van der Waals surface area contributed by atoms with E-state index in [1.165, 1.54) is 5.56 Å². The highest BCUT2D eigenvalue weighted by molar-refractivity contribution is 6.10. The Kier molecular flexibility index (Phi) is 8.25. The molecule has 0 aromatic heterocycles. The molecule has 3 aromatic carbocycles. The molecule has 3 rings (SSSR count). The number of rotatable bonds is 11. The Morgan fingerprint density at radius 2 is 1.65 bits per heavy atom. The van der Waals surface area contributed by atoms with Crippen molar-refractivity contribution in [2.75, 3.05) is 19.7 Å². The number of hydrogen-bond donors (Lipinski definition) is 1. The molecule has 3 nitrogen and oxygen atoms in total. The quantitative estimate of drug-likeness (QED) is 0.288. The fourth-order valence-electron chi connectivity index (χ4n) is 3.72. The van der Waals surface area contributed by atoms with Crippen molar-refractivity contribution in [1.29, 1.82) is 0 Å². The highest BCUT2D eigenvalue weighted by Gasteiger charge is 2.16. The van der Waals surface area contributed by atoms with E-state index in [4.69, 9.17) is 4.74 Å². The Labute approximate surface area is 186 Å². The van der Waals surface area contributed by atoms with Crippen LogP contribution < -0.4 is 10.1 Å². The van der Waals surface area contributed by atoms with Crippen LogP contribution in [0.4, 0.5) is 0 Å². The van der Waals surface area contributed by atoms with Gasteiger partial charge in [-0.05, 0) is 60.2 Å². The Morgan fingerprint density at radius 1 is 0.903 bits per heavy atom. The molecule has 3 heteroatoms. The molecule has 0 saturated heterocycles. The average Bonchev–Trinajstić information content (AvgIpc) is 2.75. The molecule has 0 fully saturated rings. The fraction of sp³-hybridized carbons (Fsp3) is 0.393. The lowest BCUT2D eigenvalue weighted by molar-refractivity contribution is 0.0978. The van der Waals surface area contributed by atoms with Crippen LogP contribution in [0.3, 0.4) is 0 Å². The van der Waals surface area contributed by atoms with Gasteiger partial charge in [0.05, 0.1) is 12.2 Å². The zero-order valence-corrected chi connectivity index (χ0v) is 19.1. The predicted octanol–water partition coefficient (Wildman–Crippen LogP) is 6.45. The van der Waals surface area contributed by atoms with E-state index in [0.29, 0.717) is 18.8 Å². The summed E-state index contributed by atoms with van der Waals surface area (Å²) in [6.45, 7) is 9.16. The van der Waals surface area contributed by atoms with Crippen LogP contribution in [0.1, 0.15) is 56.0 Å². The van der Waals surface area contributed by atoms with Crippen molar-refractivity contribution in [3.05, 3.63) is 77.9 Å². The molecule has 0 aliphatic carbocycles. The molecule has 0 aliphatic heterocycles. The number of ketones is 1. The van der Waals surface area contributed by atoms with E-state index in [0.717, 1.165) is 48.7 Å². The van der Waals surface area contributed by atoms with E-state index in [9.17, 15) is 4.79 Å². The number of benzene rings is 3. The first-order valence-corrected chi connectivity index (χ1v) is 11.4. The van der Waals surface area contributed by atoms with Gasteiger partial charge in [0.15, 0.2) is 5.78 Å². The third kappa shape index (κ3) is 7.22. The molecule has 0 radical (unpaired) electrons. The maximum absolute atomic E-state index is 13.2. The summed E-state index contributed by atoms with van der Waals surface area (Å²) >= 11 is 0. The Balaban J connectivity index is 1.64. The zero-order valence-electron chi connectivity index (χ0n) is 19.1. The van der Waals surface area contributed by atoms with Crippen molar-refractivity contribution in [3.8, 4) is 5.75 Å². The van der Waals surface area contributed by atoms with Crippen molar-refractivity contribution in [3.63, 3.8) is 0 Å². The van der Waals surface area contributed by atoms with Crippen LogP contribution in [0, 0.1) is 5.41 Å². The van der Waals surface area contributed by atoms with E-state index < -0.39 is 0 Å². The molecular formula is C28H35NO2. The van der Waals surface area contributed by atoms with Crippen LogP contribution in [0.15, 0.2) is 66.7 Å². The molecular weight excluding hydrogens is 382 g/mol. The van der Waals surface area contributed by atoms with E-state index in [1.807, 2.05) is 48.5 Å². The highest BCUT2D eigenvalue weighted by atomic mass is 16.5. The first-order valence-electron chi connectivity index (χ1n) is 11.4. The van der Waals surface area contributed by atoms with Gasteiger partial charge in [-0.3, -0.25) is 4.79 Å². The van der Waals surface area contributed by atoms with Gasteiger partial charge in [-0.2, -0.15) is 0 Å². The lowest BCUT2D eigenvalue weighted by Gasteiger charge is -2.19.